The molecule has 2 atom stereocenters. The predicted molar refractivity (Wildman–Crippen MR) is 81.1 cm³/mol. The van der Waals surface area contributed by atoms with Gasteiger partial charge in [0.15, 0.2) is 11.5 Å². The molecule has 3 rings (SSSR count). The van der Waals surface area contributed by atoms with Crippen LogP contribution in [-0.2, 0) is 0 Å². The van der Waals surface area contributed by atoms with Gasteiger partial charge in [-0.05, 0) is 43.6 Å². The number of hydrogen-bond donors (Lipinski definition) is 2. The Hall–Kier alpha value is -1.01. The number of aliphatic hydroxyl groups excluding tert-OH is 1. The lowest BCUT2D eigenvalue weighted by Gasteiger charge is -2.26. The van der Waals surface area contributed by atoms with Crippen LogP contribution < -0.4 is 15.2 Å². The Labute approximate surface area is 129 Å². The molecule has 2 aliphatic rings. The van der Waals surface area contributed by atoms with E-state index in [1.54, 1.807) is 12.1 Å². The van der Waals surface area contributed by atoms with Crippen LogP contribution in [0.15, 0.2) is 12.1 Å². The predicted octanol–water partition coefficient (Wildman–Crippen LogP) is 1.57. The van der Waals surface area contributed by atoms with Crippen molar-refractivity contribution >= 4 is 11.6 Å². The highest BCUT2D eigenvalue weighted by Gasteiger charge is 2.25. The molecule has 0 bridgehead atoms. The second-order valence-corrected chi connectivity index (χ2v) is 6.05. The first kappa shape index (κ1) is 14.9. The summed E-state index contributed by atoms with van der Waals surface area (Å²) in [7, 11) is 0. The average Bonchev–Trinajstić information content (AvgIpc) is 2.99. The fraction of sp³-hybridized carbons (Fsp3) is 0.600. The van der Waals surface area contributed by atoms with Crippen molar-refractivity contribution in [2.75, 3.05) is 32.8 Å². The van der Waals surface area contributed by atoms with Gasteiger partial charge in [-0.25, -0.2) is 0 Å². The zero-order chi connectivity index (χ0) is 14.8. The number of rotatable bonds is 4. The lowest BCUT2D eigenvalue weighted by atomic mass is 10.0. The molecule has 1 fully saturated rings. The summed E-state index contributed by atoms with van der Waals surface area (Å²) < 4.78 is 11.0. The van der Waals surface area contributed by atoms with Gasteiger partial charge in [0.05, 0.1) is 11.1 Å². The molecule has 6 heteroatoms. The quantitative estimate of drug-likeness (QED) is 0.883. The van der Waals surface area contributed by atoms with Crippen LogP contribution in [0, 0.1) is 0 Å². The Morgan fingerprint density at radius 3 is 2.71 bits per heavy atom. The molecule has 0 unspecified atom stereocenters. The van der Waals surface area contributed by atoms with Gasteiger partial charge in [-0.3, -0.25) is 0 Å². The SMILES string of the molecule is N[C@H](CN1CCCC1)[C@H](O)c1cc(Cl)c2c(c1)OCCO2. The van der Waals surface area contributed by atoms with Crippen molar-refractivity contribution in [1.82, 2.24) is 4.90 Å². The number of hydrogen-bond acceptors (Lipinski definition) is 5. The number of nitrogens with zero attached hydrogens (tertiary/aromatic N) is 1. The van der Waals surface area contributed by atoms with Crippen LogP contribution in [0.25, 0.3) is 0 Å². The highest BCUT2D eigenvalue weighted by molar-refractivity contribution is 6.32. The largest absolute Gasteiger partial charge is 0.486 e. The van der Waals surface area contributed by atoms with E-state index in [2.05, 4.69) is 4.90 Å². The minimum atomic E-state index is -0.765. The third kappa shape index (κ3) is 3.26. The fourth-order valence-corrected chi connectivity index (χ4v) is 3.19. The standard InChI is InChI=1S/C15H21ClN2O3/c16-11-7-10(8-13-15(11)21-6-5-20-13)14(19)12(17)9-18-3-1-2-4-18/h7-8,12,14,19H,1-6,9,17H2/t12-,14-/m1/s1. The van der Waals surface area contributed by atoms with Gasteiger partial charge in [0, 0.05) is 12.6 Å². The first-order valence-electron chi connectivity index (χ1n) is 7.40. The van der Waals surface area contributed by atoms with Gasteiger partial charge < -0.3 is 25.2 Å². The molecule has 116 valence electrons. The Balaban J connectivity index is 1.74. The van der Waals surface area contributed by atoms with E-state index in [0.29, 0.717) is 41.8 Å². The second kappa shape index (κ2) is 6.40. The molecule has 5 nitrogen and oxygen atoms in total. The highest BCUT2D eigenvalue weighted by atomic mass is 35.5. The molecule has 1 saturated heterocycles. The van der Waals surface area contributed by atoms with Crippen molar-refractivity contribution in [3.63, 3.8) is 0 Å². The second-order valence-electron chi connectivity index (χ2n) is 5.64. The van der Waals surface area contributed by atoms with Gasteiger partial charge in [0.25, 0.3) is 0 Å². The smallest absolute Gasteiger partial charge is 0.179 e. The van der Waals surface area contributed by atoms with Crippen molar-refractivity contribution in [1.29, 1.82) is 0 Å². The van der Waals surface area contributed by atoms with E-state index in [0.717, 1.165) is 13.1 Å². The van der Waals surface area contributed by atoms with Gasteiger partial charge in [-0.15, -0.1) is 0 Å². The molecule has 2 aliphatic heterocycles. The van der Waals surface area contributed by atoms with E-state index < -0.39 is 6.10 Å². The number of nitrogens with two attached hydrogens (primary N) is 1. The molecular weight excluding hydrogens is 292 g/mol. The maximum absolute atomic E-state index is 10.5. The van der Waals surface area contributed by atoms with Gasteiger partial charge in [-0.2, -0.15) is 0 Å². The van der Waals surface area contributed by atoms with Gasteiger partial charge >= 0.3 is 0 Å². The van der Waals surface area contributed by atoms with Crippen molar-refractivity contribution in [3.05, 3.63) is 22.7 Å². The van der Waals surface area contributed by atoms with Crippen LogP contribution in [0.1, 0.15) is 24.5 Å². The van der Waals surface area contributed by atoms with Gasteiger partial charge in [0.2, 0.25) is 0 Å². The molecule has 0 aromatic heterocycles. The Kier molecular flexibility index (Phi) is 4.54. The number of aliphatic hydroxyl groups is 1. The van der Waals surface area contributed by atoms with Crippen molar-refractivity contribution in [3.8, 4) is 11.5 Å². The van der Waals surface area contributed by atoms with Crippen LogP contribution in [0.2, 0.25) is 5.02 Å². The summed E-state index contributed by atoms with van der Waals surface area (Å²) in [6.07, 6.45) is 1.65. The Bertz CT molecular complexity index is 506. The zero-order valence-electron chi connectivity index (χ0n) is 11.9. The monoisotopic (exact) mass is 312 g/mol. The molecule has 3 N–H and O–H groups in total. The first-order valence-corrected chi connectivity index (χ1v) is 7.78. The molecule has 21 heavy (non-hydrogen) atoms. The lowest BCUT2D eigenvalue weighted by Crippen LogP contribution is -2.40. The summed E-state index contributed by atoms with van der Waals surface area (Å²) in [6, 6.07) is 3.14. The minimum Gasteiger partial charge on any atom is -0.486 e. The molecule has 0 saturated carbocycles. The van der Waals surface area contributed by atoms with E-state index in [1.165, 1.54) is 12.8 Å². The highest BCUT2D eigenvalue weighted by Crippen LogP contribution is 2.40. The van der Waals surface area contributed by atoms with Crippen LogP contribution in [0.5, 0.6) is 11.5 Å². The molecule has 0 amide bonds. The molecule has 0 radical (unpaired) electrons. The summed E-state index contributed by atoms with van der Waals surface area (Å²) in [5.74, 6) is 1.13. The Morgan fingerprint density at radius 2 is 1.95 bits per heavy atom. The third-order valence-electron chi connectivity index (χ3n) is 4.03. The Morgan fingerprint density at radius 1 is 1.24 bits per heavy atom. The minimum absolute atomic E-state index is 0.346. The molecular formula is C15H21ClN2O3. The maximum Gasteiger partial charge on any atom is 0.179 e. The third-order valence-corrected chi connectivity index (χ3v) is 4.31. The van der Waals surface area contributed by atoms with E-state index >= 15 is 0 Å². The maximum atomic E-state index is 10.5. The van der Waals surface area contributed by atoms with E-state index in [4.69, 9.17) is 26.8 Å². The average molecular weight is 313 g/mol. The number of likely N-dealkylation sites (tertiary alicyclic amines) is 1. The number of halogens is 1. The van der Waals surface area contributed by atoms with E-state index in [9.17, 15) is 5.11 Å². The van der Waals surface area contributed by atoms with Gasteiger partial charge in [0.1, 0.15) is 13.2 Å². The lowest BCUT2D eigenvalue weighted by molar-refractivity contribution is 0.124. The molecule has 0 aliphatic carbocycles. The zero-order valence-corrected chi connectivity index (χ0v) is 12.7. The summed E-state index contributed by atoms with van der Waals surface area (Å²) in [6.45, 7) is 3.78. The summed E-state index contributed by atoms with van der Waals surface area (Å²) in [5.41, 5.74) is 6.83. The molecule has 1 aromatic rings. The van der Waals surface area contributed by atoms with Crippen LogP contribution >= 0.6 is 11.6 Å². The fourth-order valence-electron chi connectivity index (χ4n) is 2.91. The van der Waals surface area contributed by atoms with Crippen LogP contribution in [0.3, 0.4) is 0 Å². The van der Waals surface area contributed by atoms with Crippen LogP contribution in [-0.4, -0.2) is 48.9 Å². The van der Waals surface area contributed by atoms with Gasteiger partial charge in [-0.1, -0.05) is 11.6 Å². The molecule has 0 spiro atoms. The normalized spacial score (nSPS) is 21.3. The van der Waals surface area contributed by atoms with Crippen molar-refractivity contribution < 1.29 is 14.6 Å². The number of ether oxygens (including phenoxy) is 2. The number of fused-ring (bicyclic) bond motifs is 1. The topological polar surface area (TPSA) is 68.0 Å². The molecule has 2 heterocycles. The van der Waals surface area contributed by atoms with Crippen molar-refractivity contribution in [2.24, 2.45) is 5.73 Å². The summed E-state index contributed by atoms with van der Waals surface area (Å²) in [4.78, 5) is 2.29. The molecule has 1 aromatic carbocycles. The van der Waals surface area contributed by atoms with E-state index in [-0.39, 0.29) is 6.04 Å². The number of benzene rings is 1. The first-order chi connectivity index (χ1) is 10.1. The van der Waals surface area contributed by atoms with Crippen molar-refractivity contribution in [2.45, 2.75) is 25.0 Å². The van der Waals surface area contributed by atoms with E-state index in [1.807, 2.05) is 0 Å². The summed E-state index contributed by atoms with van der Waals surface area (Å²) >= 11 is 6.20. The summed E-state index contributed by atoms with van der Waals surface area (Å²) in [5, 5.41) is 10.9. The van der Waals surface area contributed by atoms with Crippen LogP contribution in [0.4, 0.5) is 0 Å².